The Hall–Kier alpha value is -1.22. The molecule has 0 aromatic heterocycles. The van der Waals surface area contributed by atoms with Crippen molar-refractivity contribution in [3.8, 4) is 5.75 Å². The van der Waals surface area contributed by atoms with E-state index in [-0.39, 0.29) is 0 Å². The van der Waals surface area contributed by atoms with Gasteiger partial charge in [-0.25, -0.2) is 0 Å². The van der Waals surface area contributed by atoms with Gasteiger partial charge in [0.25, 0.3) is 0 Å². The van der Waals surface area contributed by atoms with Gasteiger partial charge in [-0.15, -0.1) is 11.6 Å². The lowest BCUT2D eigenvalue weighted by molar-refractivity contribution is -0.140. The summed E-state index contributed by atoms with van der Waals surface area (Å²) in [4.78, 5) is 11.2. The Bertz CT molecular complexity index is 363. The van der Waals surface area contributed by atoms with Crippen molar-refractivity contribution in [1.29, 1.82) is 0 Å². The van der Waals surface area contributed by atoms with Gasteiger partial charge in [0, 0.05) is 0 Å². The van der Waals surface area contributed by atoms with Gasteiger partial charge in [0.15, 0.2) is 5.38 Å². The van der Waals surface area contributed by atoms with Crippen molar-refractivity contribution >= 4 is 17.6 Å². The molecule has 0 bridgehead atoms. The molecule has 0 spiro atoms. The molecule has 0 aliphatic heterocycles. The van der Waals surface area contributed by atoms with Crippen molar-refractivity contribution in [3.05, 3.63) is 29.3 Å². The quantitative estimate of drug-likeness (QED) is 0.589. The van der Waals surface area contributed by atoms with Crippen molar-refractivity contribution in [2.24, 2.45) is 0 Å². The van der Waals surface area contributed by atoms with Crippen molar-refractivity contribution in [2.75, 3.05) is 14.2 Å². The summed E-state index contributed by atoms with van der Waals surface area (Å²) in [5, 5.41) is -0.788. The molecule has 0 aliphatic rings. The van der Waals surface area contributed by atoms with Gasteiger partial charge in [-0.2, -0.15) is 0 Å². The minimum Gasteiger partial charge on any atom is -0.496 e. The Morgan fingerprint density at radius 1 is 1.40 bits per heavy atom. The van der Waals surface area contributed by atoms with Crippen LogP contribution in [0.5, 0.6) is 5.75 Å². The minimum atomic E-state index is -0.788. The van der Waals surface area contributed by atoms with E-state index in [4.69, 9.17) is 16.3 Å². The highest BCUT2D eigenvalue weighted by Crippen LogP contribution is 2.27. The molecule has 0 saturated carbocycles. The number of rotatable bonds is 3. The number of methoxy groups -OCH3 is 2. The van der Waals surface area contributed by atoms with Crippen LogP contribution >= 0.6 is 11.6 Å². The normalized spacial score (nSPS) is 12.0. The molecule has 0 aliphatic carbocycles. The zero-order chi connectivity index (χ0) is 11.4. The molecule has 82 valence electrons. The molecule has 1 atom stereocenters. The van der Waals surface area contributed by atoms with E-state index in [0.717, 1.165) is 5.56 Å². The molecular weight excluding hydrogens is 216 g/mol. The number of ether oxygens (including phenoxy) is 2. The summed E-state index contributed by atoms with van der Waals surface area (Å²) < 4.78 is 9.70. The summed E-state index contributed by atoms with van der Waals surface area (Å²) in [6.45, 7) is 1.92. The predicted octanol–water partition coefficient (Wildman–Crippen LogP) is 2.46. The number of carbonyl (C=O) groups is 1. The molecule has 3 nitrogen and oxygen atoms in total. The molecule has 1 aromatic carbocycles. The third-order valence-corrected chi connectivity index (χ3v) is 2.56. The Balaban J connectivity index is 3.00. The van der Waals surface area contributed by atoms with Gasteiger partial charge in [0.05, 0.1) is 14.2 Å². The van der Waals surface area contributed by atoms with E-state index in [1.807, 2.05) is 13.0 Å². The van der Waals surface area contributed by atoms with Crippen LogP contribution in [-0.2, 0) is 9.53 Å². The van der Waals surface area contributed by atoms with Crippen molar-refractivity contribution < 1.29 is 14.3 Å². The van der Waals surface area contributed by atoms with E-state index in [9.17, 15) is 4.79 Å². The number of carbonyl (C=O) groups excluding carboxylic acids is 1. The number of aryl methyl sites for hydroxylation is 1. The van der Waals surface area contributed by atoms with Crippen molar-refractivity contribution in [2.45, 2.75) is 12.3 Å². The Labute approximate surface area is 93.9 Å². The third kappa shape index (κ3) is 2.63. The second-order valence-corrected chi connectivity index (χ2v) is 3.55. The third-order valence-electron chi connectivity index (χ3n) is 2.13. The first-order valence-electron chi connectivity index (χ1n) is 4.46. The summed E-state index contributed by atoms with van der Waals surface area (Å²) >= 11 is 5.91. The predicted molar refractivity (Wildman–Crippen MR) is 58.3 cm³/mol. The average molecular weight is 229 g/mol. The molecule has 4 heteroatoms. The molecule has 0 radical (unpaired) electrons. The number of halogens is 1. The highest BCUT2D eigenvalue weighted by atomic mass is 35.5. The maximum absolute atomic E-state index is 11.2. The van der Waals surface area contributed by atoms with Crippen molar-refractivity contribution in [3.63, 3.8) is 0 Å². The lowest BCUT2D eigenvalue weighted by Gasteiger charge is -2.10. The van der Waals surface area contributed by atoms with Crippen molar-refractivity contribution in [1.82, 2.24) is 0 Å². The van der Waals surface area contributed by atoms with Gasteiger partial charge in [-0.05, 0) is 24.1 Å². The number of alkyl halides is 1. The molecule has 15 heavy (non-hydrogen) atoms. The molecule has 0 fully saturated rings. The van der Waals surface area contributed by atoms with Crippen LogP contribution in [0.2, 0.25) is 0 Å². The number of benzene rings is 1. The molecule has 1 rings (SSSR count). The van der Waals surface area contributed by atoms with Gasteiger partial charge in [-0.3, -0.25) is 4.79 Å². The van der Waals surface area contributed by atoms with Gasteiger partial charge >= 0.3 is 5.97 Å². The molecular formula is C11H13ClO3. The fraction of sp³-hybridized carbons (Fsp3) is 0.364. The molecule has 0 heterocycles. The highest BCUT2D eigenvalue weighted by molar-refractivity contribution is 6.29. The summed E-state index contributed by atoms with van der Waals surface area (Å²) in [7, 11) is 2.89. The van der Waals surface area contributed by atoms with E-state index >= 15 is 0 Å². The van der Waals surface area contributed by atoms with Crippen LogP contribution < -0.4 is 4.74 Å². The number of hydrogen-bond acceptors (Lipinski definition) is 3. The molecule has 0 saturated heterocycles. The standard InChI is InChI=1S/C11H13ClO3/c1-7-4-5-8(6-9(7)14-2)10(12)11(13)15-3/h4-6,10H,1-3H3. The summed E-state index contributed by atoms with van der Waals surface area (Å²) in [6.07, 6.45) is 0. The minimum absolute atomic E-state index is 0.470. The summed E-state index contributed by atoms with van der Waals surface area (Å²) in [5.74, 6) is 0.240. The fourth-order valence-electron chi connectivity index (χ4n) is 1.23. The maximum atomic E-state index is 11.2. The number of hydrogen-bond donors (Lipinski definition) is 0. The van der Waals surface area contributed by atoms with Gasteiger partial charge in [-0.1, -0.05) is 12.1 Å². The summed E-state index contributed by atoms with van der Waals surface area (Å²) in [6, 6.07) is 5.38. The smallest absolute Gasteiger partial charge is 0.328 e. The largest absolute Gasteiger partial charge is 0.496 e. The monoisotopic (exact) mass is 228 g/mol. The average Bonchev–Trinajstić information content (AvgIpc) is 2.27. The highest BCUT2D eigenvalue weighted by Gasteiger charge is 2.18. The van der Waals surface area contributed by atoms with E-state index in [1.165, 1.54) is 7.11 Å². The summed E-state index contributed by atoms with van der Waals surface area (Å²) in [5.41, 5.74) is 1.67. The SMILES string of the molecule is COC(=O)C(Cl)c1ccc(C)c(OC)c1. The zero-order valence-electron chi connectivity index (χ0n) is 8.91. The fourth-order valence-corrected chi connectivity index (χ4v) is 1.46. The lowest BCUT2D eigenvalue weighted by atomic mass is 10.1. The van der Waals surface area contributed by atoms with Gasteiger partial charge < -0.3 is 9.47 Å². The van der Waals surface area contributed by atoms with Crippen LogP contribution in [0.1, 0.15) is 16.5 Å². The Morgan fingerprint density at radius 3 is 2.60 bits per heavy atom. The van der Waals surface area contributed by atoms with E-state index in [0.29, 0.717) is 11.3 Å². The van der Waals surface area contributed by atoms with E-state index in [2.05, 4.69) is 4.74 Å². The zero-order valence-corrected chi connectivity index (χ0v) is 9.67. The Morgan fingerprint density at radius 2 is 2.07 bits per heavy atom. The number of esters is 1. The van der Waals surface area contributed by atoms with Crippen LogP contribution in [0.4, 0.5) is 0 Å². The lowest BCUT2D eigenvalue weighted by Crippen LogP contribution is -2.08. The van der Waals surface area contributed by atoms with Crippen LogP contribution in [-0.4, -0.2) is 20.2 Å². The van der Waals surface area contributed by atoms with E-state index < -0.39 is 11.3 Å². The topological polar surface area (TPSA) is 35.5 Å². The molecule has 1 unspecified atom stereocenters. The second kappa shape index (κ2) is 5.03. The molecule has 0 amide bonds. The first-order valence-corrected chi connectivity index (χ1v) is 4.90. The van der Waals surface area contributed by atoms with Gasteiger partial charge in [0.2, 0.25) is 0 Å². The van der Waals surface area contributed by atoms with Crippen LogP contribution in [0.15, 0.2) is 18.2 Å². The van der Waals surface area contributed by atoms with Crippen LogP contribution in [0, 0.1) is 6.92 Å². The molecule has 0 N–H and O–H groups in total. The van der Waals surface area contributed by atoms with Crippen LogP contribution in [0.3, 0.4) is 0 Å². The van der Waals surface area contributed by atoms with Crippen LogP contribution in [0.25, 0.3) is 0 Å². The first kappa shape index (κ1) is 11.9. The first-order chi connectivity index (χ1) is 7.10. The second-order valence-electron chi connectivity index (χ2n) is 3.11. The van der Waals surface area contributed by atoms with Gasteiger partial charge in [0.1, 0.15) is 5.75 Å². The molecule has 1 aromatic rings. The Kier molecular flexibility index (Phi) is 3.97. The maximum Gasteiger partial charge on any atom is 0.328 e. The van der Waals surface area contributed by atoms with E-state index in [1.54, 1.807) is 19.2 Å².